The predicted molar refractivity (Wildman–Crippen MR) is 258 cm³/mol. The Hall–Kier alpha value is -2.45. The second kappa shape index (κ2) is 40.6. The van der Waals surface area contributed by atoms with Gasteiger partial charge in [0, 0.05) is 12.8 Å². The summed E-state index contributed by atoms with van der Waals surface area (Å²) in [4.78, 5) is 35.7. The summed E-state index contributed by atoms with van der Waals surface area (Å²) in [7, 11) is -5.14. The van der Waals surface area contributed by atoms with E-state index in [1.54, 1.807) is 0 Å². The summed E-state index contributed by atoms with van der Waals surface area (Å²) in [6.45, 7) is 3.24. The fourth-order valence-corrected chi connectivity index (χ4v) is 8.25. The molecule has 0 aromatic rings. The normalized spacial score (nSPS) is 21.9. The number of phosphoric ester groups is 1. The monoisotopic (exact) mass is 941 g/mol. The first-order valence-electron chi connectivity index (χ1n) is 25.1. The Balaban J connectivity index is 2.48. The Kier molecular flexibility index (Phi) is 37.8. The standard InChI is InChI=1S/C51H89O13P/c1-3-5-7-9-11-13-15-17-19-20-21-22-23-24-26-28-30-32-34-36-38-40-45(53)63-43(42-62-65(59,60)64-51-49(57)47(55)46(54)48(56)50(51)58)41-61-44(52)39-37-35-33-31-29-27-25-18-16-14-12-10-8-6-4-2/h19-20,22-23,26,28-29,31-32,34,43,46-51,54-58H,3-18,21,24-25,27,30,33,35-42H2,1-2H3,(H,59,60)/b20-19+,23-22+,28-26+,31-29+,34-32+/t43-,46?,47-,48?,49?,50?,51?/m1/s1. The minimum atomic E-state index is -5.14. The molecule has 376 valence electrons. The summed E-state index contributed by atoms with van der Waals surface area (Å²) < 4.78 is 33.5. The molecule has 6 N–H and O–H groups in total. The molecule has 0 heterocycles. The van der Waals surface area contributed by atoms with Gasteiger partial charge in [0.1, 0.15) is 43.2 Å². The third-order valence-corrected chi connectivity index (χ3v) is 12.3. The predicted octanol–water partition coefficient (Wildman–Crippen LogP) is 10.5. The van der Waals surface area contributed by atoms with Crippen LogP contribution in [0.25, 0.3) is 0 Å². The first-order valence-corrected chi connectivity index (χ1v) is 26.6. The number of aliphatic hydroxyl groups excluding tert-OH is 5. The third-order valence-electron chi connectivity index (χ3n) is 11.3. The molecule has 0 radical (unpaired) electrons. The average molecular weight is 941 g/mol. The van der Waals surface area contributed by atoms with Crippen LogP contribution in [0.5, 0.6) is 0 Å². The molecular formula is C51H89O13P. The quantitative estimate of drug-likeness (QED) is 0.0146. The van der Waals surface area contributed by atoms with Crippen LogP contribution >= 0.6 is 7.82 Å². The van der Waals surface area contributed by atoms with Crippen LogP contribution in [0.4, 0.5) is 0 Å². The van der Waals surface area contributed by atoms with Crippen molar-refractivity contribution in [3.63, 3.8) is 0 Å². The summed E-state index contributed by atoms with van der Waals surface area (Å²) in [5.74, 6) is -1.19. The summed E-state index contributed by atoms with van der Waals surface area (Å²) in [5.41, 5.74) is 0. The van der Waals surface area contributed by atoms with Crippen molar-refractivity contribution in [3.05, 3.63) is 60.8 Å². The highest BCUT2D eigenvalue weighted by Crippen LogP contribution is 2.47. The van der Waals surface area contributed by atoms with E-state index in [2.05, 4.69) is 62.5 Å². The molecule has 65 heavy (non-hydrogen) atoms. The van der Waals surface area contributed by atoms with Crippen molar-refractivity contribution >= 4 is 19.8 Å². The number of hydrogen-bond acceptors (Lipinski definition) is 12. The Morgan fingerprint density at radius 3 is 1.32 bits per heavy atom. The molecule has 0 amide bonds. The smallest absolute Gasteiger partial charge is 0.462 e. The number of allylic oxidation sites excluding steroid dienone is 10. The van der Waals surface area contributed by atoms with Crippen LogP contribution in [0, 0.1) is 0 Å². The maximum atomic E-state index is 12.8. The third kappa shape index (κ3) is 32.8. The zero-order chi connectivity index (χ0) is 47.8. The maximum absolute atomic E-state index is 12.8. The van der Waals surface area contributed by atoms with Gasteiger partial charge in [0.2, 0.25) is 0 Å². The minimum absolute atomic E-state index is 0.0153. The van der Waals surface area contributed by atoms with Crippen molar-refractivity contribution in [2.75, 3.05) is 13.2 Å². The van der Waals surface area contributed by atoms with Crippen molar-refractivity contribution in [1.82, 2.24) is 0 Å². The fourth-order valence-electron chi connectivity index (χ4n) is 7.27. The molecule has 8 atom stereocenters. The largest absolute Gasteiger partial charge is 0.472 e. The number of aliphatic hydroxyl groups is 5. The van der Waals surface area contributed by atoms with E-state index in [-0.39, 0.29) is 12.8 Å². The fraction of sp³-hybridized carbons (Fsp3) is 0.765. The molecule has 1 aliphatic rings. The molecule has 1 rings (SSSR count). The van der Waals surface area contributed by atoms with Crippen LogP contribution < -0.4 is 0 Å². The van der Waals surface area contributed by atoms with E-state index < -0.39 is 75.7 Å². The lowest BCUT2D eigenvalue weighted by Crippen LogP contribution is -2.64. The van der Waals surface area contributed by atoms with E-state index in [0.29, 0.717) is 19.3 Å². The number of phosphoric acid groups is 1. The van der Waals surface area contributed by atoms with Crippen LogP contribution in [0.1, 0.15) is 194 Å². The lowest BCUT2D eigenvalue weighted by Gasteiger charge is -2.41. The molecule has 1 saturated carbocycles. The molecule has 13 nitrogen and oxygen atoms in total. The van der Waals surface area contributed by atoms with Gasteiger partial charge in [-0.3, -0.25) is 18.6 Å². The van der Waals surface area contributed by atoms with Crippen LogP contribution in [-0.2, 0) is 32.7 Å². The number of hydrogen-bond donors (Lipinski definition) is 6. The van der Waals surface area contributed by atoms with Crippen molar-refractivity contribution < 1.29 is 63.1 Å². The van der Waals surface area contributed by atoms with E-state index in [1.165, 1.54) is 103 Å². The van der Waals surface area contributed by atoms with E-state index in [1.807, 2.05) is 12.2 Å². The van der Waals surface area contributed by atoms with Crippen molar-refractivity contribution in [2.24, 2.45) is 0 Å². The number of esters is 2. The summed E-state index contributed by atoms with van der Waals surface area (Å²) in [5, 5.41) is 50.2. The van der Waals surface area contributed by atoms with Gasteiger partial charge in [-0.1, -0.05) is 164 Å². The van der Waals surface area contributed by atoms with Crippen LogP contribution in [0.15, 0.2) is 60.8 Å². The Morgan fingerprint density at radius 1 is 0.477 bits per heavy atom. The summed E-state index contributed by atoms with van der Waals surface area (Å²) in [6.07, 6.45) is 37.1. The van der Waals surface area contributed by atoms with Gasteiger partial charge in [-0.2, -0.15) is 0 Å². The molecule has 0 aromatic carbocycles. The molecule has 6 unspecified atom stereocenters. The molecule has 0 spiro atoms. The molecule has 0 aromatic heterocycles. The molecule has 1 aliphatic carbocycles. The van der Waals surface area contributed by atoms with Gasteiger partial charge >= 0.3 is 19.8 Å². The Labute approximate surface area is 392 Å². The molecule has 14 heteroatoms. The number of rotatable bonds is 41. The molecule has 0 bridgehead atoms. The topological polar surface area (TPSA) is 210 Å². The van der Waals surface area contributed by atoms with E-state index >= 15 is 0 Å². The Morgan fingerprint density at radius 2 is 0.846 bits per heavy atom. The zero-order valence-electron chi connectivity index (χ0n) is 40.0. The van der Waals surface area contributed by atoms with Gasteiger partial charge in [0.15, 0.2) is 6.10 Å². The SMILES string of the molecule is CCCCCCCCC/C=C/C/C=C/C/C=C/C/C=C/CCCC(=O)O[C@H](COC(=O)CCCC/C=C/CCCCCCCCCCC)COP(=O)(O)OC1C(O)C(O)C(O)[C@@H](O)C1O. The van der Waals surface area contributed by atoms with Gasteiger partial charge in [0.25, 0.3) is 0 Å². The minimum Gasteiger partial charge on any atom is -0.462 e. The van der Waals surface area contributed by atoms with E-state index in [0.717, 1.165) is 44.9 Å². The Bertz CT molecular complexity index is 1370. The van der Waals surface area contributed by atoms with Crippen molar-refractivity contribution in [2.45, 2.75) is 236 Å². The number of carbonyl (C=O) groups excluding carboxylic acids is 2. The molecular weight excluding hydrogens is 852 g/mol. The van der Waals surface area contributed by atoms with Gasteiger partial charge in [-0.25, -0.2) is 4.57 Å². The van der Waals surface area contributed by atoms with Crippen LogP contribution in [0.2, 0.25) is 0 Å². The van der Waals surface area contributed by atoms with E-state index in [9.17, 15) is 44.6 Å². The first kappa shape index (κ1) is 60.6. The molecule has 0 aliphatic heterocycles. The van der Waals surface area contributed by atoms with Crippen LogP contribution in [0.3, 0.4) is 0 Å². The molecule has 0 saturated heterocycles. The zero-order valence-corrected chi connectivity index (χ0v) is 40.9. The summed E-state index contributed by atoms with van der Waals surface area (Å²) in [6, 6.07) is 0. The van der Waals surface area contributed by atoms with Crippen molar-refractivity contribution in [3.8, 4) is 0 Å². The number of ether oxygens (including phenoxy) is 2. The lowest BCUT2D eigenvalue weighted by atomic mass is 9.85. The summed E-state index contributed by atoms with van der Waals surface area (Å²) >= 11 is 0. The van der Waals surface area contributed by atoms with Gasteiger partial charge < -0.3 is 39.9 Å². The van der Waals surface area contributed by atoms with Crippen LogP contribution in [-0.4, -0.2) is 98.3 Å². The first-order chi connectivity index (χ1) is 31.4. The van der Waals surface area contributed by atoms with Gasteiger partial charge in [-0.15, -0.1) is 0 Å². The van der Waals surface area contributed by atoms with Crippen molar-refractivity contribution in [1.29, 1.82) is 0 Å². The molecule has 1 fully saturated rings. The van der Waals surface area contributed by atoms with E-state index in [4.69, 9.17) is 18.5 Å². The second-order valence-electron chi connectivity index (χ2n) is 17.3. The van der Waals surface area contributed by atoms with Gasteiger partial charge in [-0.05, 0) is 77.0 Å². The highest BCUT2D eigenvalue weighted by atomic mass is 31.2. The van der Waals surface area contributed by atoms with Gasteiger partial charge in [0.05, 0.1) is 6.61 Å². The maximum Gasteiger partial charge on any atom is 0.472 e. The second-order valence-corrected chi connectivity index (χ2v) is 18.7. The number of carbonyl (C=O) groups is 2. The lowest BCUT2D eigenvalue weighted by molar-refractivity contribution is -0.220. The highest BCUT2D eigenvalue weighted by Gasteiger charge is 2.51. The highest BCUT2D eigenvalue weighted by molar-refractivity contribution is 7.47. The average Bonchev–Trinajstić information content (AvgIpc) is 3.29. The number of unbranched alkanes of at least 4 members (excludes halogenated alkanes) is 19.